The van der Waals surface area contributed by atoms with Crippen LogP contribution >= 0.6 is 46.1 Å². The summed E-state index contributed by atoms with van der Waals surface area (Å²) in [6.45, 7) is 3.47. The quantitative estimate of drug-likeness (QED) is 0.0939. The van der Waals surface area contributed by atoms with Crippen LogP contribution in [0.5, 0.6) is 0 Å². The van der Waals surface area contributed by atoms with E-state index in [4.69, 9.17) is 34.8 Å². The van der Waals surface area contributed by atoms with Crippen LogP contribution in [0.15, 0.2) is 114 Å². The Hall–Kier alpha value is -7.91. The van der Waals surface area contributed by atoms with Crippen LogP contribution < -0.4 is 16.0 Å². The number of carbonyl (C=O) groups is 3. The van der Waals surface area contributed by atoms with Gasteiger partial charge in [0.1, 0.15) is 11.4 Å². The second kappa shape index (κ2) is 22.1. The van der Waals surface area contributed by atoms with Gasteiger partial charge in [0.25, 0.3) is 0 Å². The highest BCUT2D eigenvalue weighted by atomic mass is 35.5. The van der Waals surface area contributed by atoms with Crippen LogP contribution in [-0.2, 0) is 53.0 Å². The Morgan fingerprint density at radius 3 is 1.41 bits per heavy atom. The number of nitrogens with one attached hydrogen (secondary N) is 6. The molecule has 0 unspecified atom stereocenters. The number of amides is 6. The van der Waals surface area contributed by atoms with Gasteiger partial charge in [0.05, 0.1) is 37.2 Å². The molecule has 9 aromatic rings. The first-order valence-corrected chi connectivity index (χ1v) is 25.6. The molecule has 19 nitrogen and oxygen atoms in total. The molecule has 12 rings (SSSR count). The summed E-state index contributed by atoms with van der Waals surface area (Å²) < 4.78 is 3.52. The Balaban J connectivity index is 0.000000127. The first-order chi connectivity index (χ1) is 35.9. The molecule has 0 spiro atoms. The van der Waals surface area contributed by atoms with Crippen molar-refractivity contribution in [2.24, 2.45) is 14.1 Å². The van der Waals surface area contributed by atoms with Crippen LogP contribution in [0.25, 0.3) is 33.9 Å². The number of rotatable bonds is 6. The molecule has 6 amide bonds. The van der Waals surface area contributed by atoms with Crippen LogP contribution in [0.1, 0.15) is 33.8 Å². The zero-order chi connectivity index (χ0) is 51.3. The summed E-state index contributed by atoms with van der Waals surface area (Å²) in [5.74, 6) is 0. The molecule has 3 aliphatic rings. The molecule has 0 radical (unpaired) electrons. The van der Waals surface area contributed by atoms with Crippen molar-refractivity contribution in [2.75, 3.05) is 35.6 Å². The molecule has 0 saturated carbocycles. The molecule has 3 aliphatic heterocycles. The minimum absolute atomic E-state index is 0.125. The van der Waals surface area contributed by atoms with E-state index in [0.717, 1.165) is 86.9 Å². The third-order valence-corrected chi connectivity index (χ3v) is 14.1. The Bertz CT molecular complexity index is 3450. The number of anilines is 3. The summed E-state index contributed by atoms with van der Waals surface area (Å²) in [5, 5.41) is 45.5. The van der Waals surface area contributed by atoms with Gasteiger partial charge in [0.2, 0.25) is 0 Å². The van der Waals surface area contributed by atoms with Crippen molar-refractivity contribution in [3.05, 3.63) is 163 Å². The summed E-state index contributed by atoms with van der Waals surface area (Å²) in [7, 11) is 3.75. The fourth-order valence-corrected chi connectivity index (χ4v) is 10.2. The van der Waals surface area contributed by atoms with E-state index >= 15 is 0 Å². The third kappa shape index (κ3) is 11.3. The monoisotopic (exact) mass is 1070 g/mol. The van der Waals surface area contributed by atoms with Crippen LogP contribution in [0.3, 0.4) is 0 Å². The lowest BCUT2D eigenvalue weighted by atomic mass is 10.0. The molecule has 74 heavy (non-hydrogen) atoms. The number of H-pyrrole nitrogens is 3. The van der Waals surface area contributed by atoms with Crippen LogP contribution in [0.2, 0.25) is 15.1 Å². The van der Waals surface area contributed by atoms with Gasteiger partial charge in [-0.3, -0.25) is 24.7 Å². The fraction of sp³-hybridized carbons (Fsp3) is 0.216. The Morgan fingerprint density at radius 2 is 1.01 bits per heavy atom. The van der Waals surface area contributed by atoms with E-state index in [0.29, 0.717) is 71.4 Å². The Kier molecular flexibility index (Phi) is 14.8. The predicted octanol–water partition coefficient (Wildman–Crippen LogP) is 10.5. The molecular formula is C51H49Cl3N16O3S. The molecule has 3 aromatic carbocycles. The van der Waals surface area contributed by atoms with E-state index in [9.17, 15) is 14.4 Å². The van der Waals surface area contributed by atoms with Gasteiger partial charge >= 0.3 is 18.1 Å². The number of carbonyl (C=O) groups excluding carboxylic acids is 3. The highest BCUT2D eigenvalue weighted by molar-refractivity contribution is 7.08. The molecule has 0 fully saturated rings. The number of fused-ring (bicyclic) bond motifs is 3. The highest BCUT2D eigenvalue weighted by Crippen LogP contribution is 2.32. The van der Waals surface area contributed by atoms with Crippen LogP contribution in [0.4, 0.5) is 31.4 Å². The van der Waals surface area contributed by atoms with Gasteiger partial charge in [-0.1, -0.05) is 53.0 Å². The third-order valence-electron chi connectivity index (χ3n) is 12.7. The number of halogens is 3. The van der Waals surface area contributed by atoms with Crippen molar-refractivity contribution >= 4 is 81.3 Å². The van der Waals surface area contributed by atoms with Gasteiger partial charge < -0.3 is 30.7 Å². The highest BCUT2D eigenvalue weighted by Gasteiger charge is 2.29. The molecule has 0 saturated heterocycles. The van der Waals surface area contributed by atoms with Crippen molar-refractivity contribution in [2.45, 2.75) is 38.9 Å². The van der Waals surface area contributed by atoms with Crippen molar-refractivity contribution in [3.63, 3.8) is 0 Å². The number of aromatic amines is 3. The van der Waals surface area contributed by atoms with Crippen molar-refractivity contribution in [3.8, 4) is 33.9 Å². The minimum Gasteiger partial charge on any atom is -0.320 e. The molecule has 6 aromatic heterocycles. The van der Waals surface area contributed by atoms with Crippen LogP contribution in [-0.4, -0.2) is 103 Å². The van der Waals surface area contributed by atoms with Gasteiger partial charge in [-0.25, -0.2) is 14.4 Å². The fourth-order valence-electron chi connectivity index (χ4n) is 8.95. The maximum absolute atomic E-state index is 12.6. The minimum atomic E-state index is -0.148. The number of urea groups is 3. The summed E-state index contributed by atoms with van der Waals surface area (Å²) in [5.41, 5.74) is 14.1. The summed E-state index contributed by atoms with van der Waals surface area (Å²) in [6, 6.07) is 25.0. The second-order valence-electron chi connectivity index (χ2n) is 17.7. The lowest BCUT2D eigenvalue weighted by molar-refractivity contribution is 0.205. The largest absolute Gasteiger partial charge is 0.322 e. The SMILES string of the molecule is Cn1cc(-c2n[nH]c3c2CN(C(=O)Nc2cccc(Cl)c2)CC3)cn1.Cn1nccc1-c1n[nH]c2c1CN(C(=O)Nc1cccc(Cl)c1)CC2.O=C(Nc1cccc(Cl)c1)N1CCc2[nH]nc(-c3ccsc3)c2C1. The number of hydrogen-bond acceptors (Lipinski definition) is 9. The van der Waals surface area contributed by atoms with Gasteiger partial charge in [-0.05, 0) is 72.1 Å². The van der Waals surface area contributed by atoms with E-state index in [2.05, 4.69) is 62.1 Å². The zero-order valence-electron chi connectivity index (χ0n) is 40.1. The first-order valence-electron chi connectivity index (χ1n) is 23.5. The van der Waals surface area contributed by atoms with Crippen molar-refractivity contribution in [1.82, 2.24) is 64.9 Å². The average Bonchev–Trinajstić information content (AvgIpc) is 4.27. The maximum Gasteiger partial charge on any atom is 0.322 e. The Morgan fingerprint density at radius 1 is 0.568 bits per heavy atom. The topological polar surface area (TPSA) is 219 Å². The molecule has 6 N–H and O–H groups in total. The summed E-state index contributed by atoms with van der Waals surface area (Å²) in [6.07, 6.45) is 7.69. The first kappa shape index (κ1) is 49.7. The van der Waals surface area contributed by atoms with Crippen LogP contribution in [0, 0.1) is 0 Å². The number of aryl methyl sites for hydroxylation is 2. The number of nitrogens with zero attached hydrogens (tertiary/aromatic N) is 10. The Labute approximate surface area is 443 Å². The average molecular weight is 1070 g/mol. The van der Waals surface area contributed by atoms with Crippen molar-refractivity contribution in [1.29, 1.82) is 0 Å². The summed E-state index contributed by atoms with van der Waals surface area (Å²) in [4.78, 5) is 43.1. The molecular weight excluding hydrogens is 1020 g/mol. The zero-order valence-corrected chi connectivity index (χ0v) is 43.2. The van der Waals surface area contributed by atoms with E-state index < -0.39 is 0 Å². The smallest absolute Gasteiger partial charge is 0.320 e. The van der Waals surface area contributed by atoms with Gasteiger partial charge in [-0.15, -0.1) is 0 Å². The standard InChI is InChI=1S/2C17H17ClN6O.C17H15ClN4OS/c1-23-15(5-7-19-23)16-13-10-24(8-6-14(13)21-22-16)17(25)20-12-4-2-3-11(18)9-12;1-23-9-11(8-19-23)16-14-10-24(6-5-15(14)21-22-16)17(25)20-13-4-2-3-12(18)7-13;18-12-2-1-3-13(8-12)19-17(23)22-6-4-15-14(9-22)16(21-20-15)11-5-7-24-10-11/h2-5,7,9H,6,8,10H2,1H3,(H,20,25)(H,21,22);2-4,7-9H,5-6,10H2,1H3,(H,20,25)(H,21,22);1-3,5,7-8,10H,4,6,9H2,(H,19,23)(H,20,21). The molecule has 378 valence electrons. The molecule has 0 atom stereocenters. The van der Waals surface area contributed by atoms with Gasteiger partial charge in [-0.2, -0.15) is 36.8 Å². The maximum atomic E-state index is 12.6. The molecule has 9 heterocycles. The predicted molar refractivity (Wildman–Crippen MR) is 287 cm³/mol. The van der Waals surface area contributed by atoms with E-state index in [1.165, 1.54) is 0 Å². The van der Waals surface area contributed by atoms with Gasteiger partial charge in [0, 0.05) is 148 Å². The van der Waals surface area contributed by atoms with E-state index in [-0.39, 0.29) is 18.1 Å². The number of aromatic nitrogens is 10. The van der Waals surface area contributed by atoms with Crippen molar-refractivity contribution < 1.29 is 14.4 Å². The number of benzene rings is 3. The van der Waals surface area contributed by atoms with E-state index in [1.54, 1.807) is 84.2 Å². The second-order valence-corrected chi connectivity index (χ2v) is 19.8. The normalized spacial score (nSPS) is 13.6. The van der Waals surface area contributed by atoms with E-state index in [1.807, 2.05) is 74.2 Å². The molecule has 0 aliphatic carbocycles. The summed E-state index contributed by atoms with van der Waals surface area (Å²) >= 11 is 19.6. The number of thiophene rings is 1. The van der Waals surface area contributed by atoms with Gasteiger partial charge in [0.15, 0.2) is 0 Å². The molecule has 0 bridgehead atoms. The lowest BCUT2D eigenvalue weighted by Gasteiger charge is -2.27. The lowest BCUT2D eigenvalue weighted by Crippen LogP contribution is -2.38. The number of hydrogen-bond donors (Lipinski definition) is 6. The molecule has 23 heteroatoms.